The third-order valence-electron chi connectivity index (χ3n) is 3.34. The van der Waals surface area contributed by atoms with E-state index in [9.17, 15) is 22.0 Å². The van der Waals surface area contributed by atoms with Gasteiger partial charge in [0.25, 0.3) is 0 Å². The second-order valence-electron chi connectivity index (χ2n) is 5.12. The molecule has 0 atom stereocenters. The molecule has 2 aromatic carbocycles. The summed E-state index contributed by atoms with van der Waals surface area (Å²) < 4.78 is 66.5. The minimum Gasteiger partial charge on any atom is -0.261 e. The van der Waals surface area contributed by atoms with Crippen LogP contribution >= 0.6 is 11.6 Å². The zero-order chi connectivity index (χ0) is 19.6. The van der Waals surface area contributed by atoms with E-state index in [2.05, 4.69) is 20.5 Å². The van der Waals surface area contributed by atoms with Crippen molar-refractivity contribution in [2.45, 2.75) is 0 Å². The summed E-state index contributed by atoms with van der Waals surface area (Å²) in [5, 5.41) is 3.52. The second-order valence-corrected chi connectivity index (χ2v) is 5.51. The number of nitrogens with zero attached hydrogens (tertiary/aromatic N) is 3. The lowest BCUT2D eigenvalue weighted by molar-refractivity contribution is 0.377. The summed E-state index contributed by atoms with van der Waals surface area (Å²) in [6, 6.07) is 10.0. The Balaban J connectivity index is 1.89. The molecule has 4 nitrogen and oxygen atoms in total. The first-order valence-electron chi connectivity index (χ1n) is 7.29. The first-order chi connectivity index (χ1) is 12.9. The van der Waals surface area contributed by atoms with Crippen molar-refractivity contribution in [2.75, 3.05) is 5.43 Å². The SMILES string of the molecule is Fc1c(F)c(F)c(/C=N\Nc2cc(Cl)nc(-c3ccccc3)n2)c(F)c1F. The number of hydrogen-bond acceptors (Lipinski definition) is 4. The fourth-order valence-corrected chi connectivity index (χ4v) is 2.27. The van der Waals surface area contributed by atoms with Gasteiger partial charge in [0.15, 0.2) is 34.9 Å². The largest absolute Gasteiger partial charge is 0.261 e. The molecule has 0 bridgehead atoms. The van der Waals surface area contributed by atoms with Crippen LogP contribution < -0.4 is 5.43 Å². The maximum absolute atomic E-state index is 13.6. The zero-order valence-electron chi connectivity index (χ0n) is 13.2. The molecular weight excluding hydrogens is 391 g/mol. The Hall–Kier alpha value is -3.07. The molecule has 10 heteroatoms. The number of hydrogen-bond donors (Lipinski definition) is 1. The molecule has 0 unspecified atom stereocenters. The van der Waals surface area contributed by atoms with E-state index in [-0.39, 0.29) is 16.8 Å². The van der Waals surface area contributed by atoms with Gasteiger partial charge in [0, 0.05) is 11.6 Å². The lowest BCUT2D eigenvalue weighted by atomic mass is 10.2. The van der Waals surface area contributed by atoms with Gasteiger partial charge >= 0.3 is 0 Å². The van der Waals surface area contributed by atoms with Crippen molar-refractivity contribution in [3.8, 4) is 11.4 Å². The van der Waals surface area contributed by atoms with Crippen LogP contribution in [0.1, 0.15) is 5.56 Å². The van der Waals surface area contributed by atoms with Gasteiger partial charge in [0.1, 0.15) is 5.15 Å². The standard InChI is InChI=1S/C17H8ClF5N4/c18-10-6-11(26-17(25-10)8-4-2-1-3-5-8)27-24-7-9-12(19)14(21)16(23)15(22)13(9)20/h1-7H,(H,25,26,27)/b24-7-. The van der Waals surface area contributed by atoms with Crippen LogP contribution in [-0.2, 0) is 0 Å². The minimum atomic E-state index is -2.25. The molecule has 1 aromatic heterocycles. The van der Waals surface area contributed by atoms with E-state index in [0.717, 1.165) is 0 Å². The molecule has 27 heavy (non-hydrogen) atoms. The van der Waals surface area contributed by atoms with E-state index in [4.69, 9.17) is 11.6 Å². The molecule has 3 rings (SSSR count). The van der Waals surface area contributed by atoms with E-state index in [1.165, 1.54) is 6.07 Å². The van der Waals surface area contributed by atoms with Gasteiger partial charge < -0.3 is 0 Å². The van der Waals surface area contributed by atoms with Crippen LogP contribution in [0.2, 0.25) is 5.15 Å². The molecule has 0 saturated carbocycles. The zero-order valence-corrected chi connectivity index (χ0v) is 13.9. The average molecular weight is 399 g/mol. The predicted molar refractivity (Wildman–Crippen MR) is 89.9 cm³/mol. The smallest absolute Gasteiger partial charge is 0.200 e. The number of aromatic nitrogens is 2. The van der Waals surface area contributed by atoms with E-state index in [0.29, 0.717) is 11.8 Å². The Bertz CT molecular complexity index is 999. The van der Waals surface area contributed by atoms with Crippen molar-refractivity contribution in [3.05, 3.63) is 76.2 Å². The Kier molecular flexibility index (Phi) is 5.31. The van der Waals surface area contributed by atoms with Gasteiger partial charge in [-0.25, -0.2) is 31.9 Å². The summed E-state index contributed by atoms with van der Waals surface area (Å²) in [5.74, 6) is -10.1. The van der Waals surface area contributed by atoms with Gasteiger partial charge in [0.2, 0.25) is 5.82 Å². The molecule has 138 valence electrons. The van der Waals surface area contributed by atoms with Crippen molar-refractivity contribution in [1.82, 2.24) is 9.97 Å². The predicted octanol–water partition coefficient (Wildman–Crippen LogP) is 4.94. The summed E-state index contributed by atoms with van der Waals surface area (Å²) in [6.45, 7) is 0. The van der Waals surface area contributed by atoms with Crippen LogP contribution in [-0.4, -0.2) is 16.2 Å². The highest BCUT2D eigenvalue weighted by atomic mass is 35.5. The highest BCUT2D eigenvalue weighted by molar-refractivity contribution is 6.29. The Morgan fingerprint density at radius 2 is 1.44 bits per heavy atom. The molecule has 0 aliphatic carbocycles. The van der Waals surface area contributed by atoms with E-state index >= 15 is 0 Å². The highest BCUT2D eigenvalue weighted by Gasteiger charge is 2.24. The number of benzene rings is 2. The molecular formula is C17H8ClF5N4. The molecule has 0 fully saturated rings. The number of rotatable bonds is 4. The first kappa shape index (κ1) is 18.7. The van der Waals surface area contributed by atoms with Crippen molar-refractivity contribution < 1.29 is 22.0 Å². The fraction of sp³-hybridized carbons (Fsp3) is 0. The first-order valence-corrected chi connectivity index (χ1v) is 7.66. The Labute approximate surface area is 154 Å². The summed E-state index contributed by atoms with van der Waals surface area (Å²) in [4.78, 5) is 8.15. The minimum absolute atomic E-state index is 0.0500. The van der Waals surface area contributed by atoms with Crippen LogP contribution in [0.5, 0.6) is 0 Å². The Morgan fingerprint density at radius 1 is 0.852 bits per heavy atom. The molecule has 1 heterocycles. The summed E-state index contributed by atoms with van der Waals surface area (Å²) >= 11 is 5.90. The van der Waals surface area contributed by atoms with Crippen molar-refractivity contribution in [2.24, 2.45) is 5.10 Å². The normalized spacial score (nSPS) is 11.2. The fourth-order valence-electron chi connectivity index (χ4n) is 2.09. The van der Waals surface area contributed by atoms with E-state index < -0.39 is 34.6 Å². The monoisotopic (exact) mass is 398 g/mol. The van der Waals surface area contributed by atoms with Crippen LogP contribution in [0.15, 0.2) is 41.5 Å². The molecule has 0 radical (unpaired) electrons. The summed E-state index contributed by atoms with van der Waals surface area (Å²) in [6.07, 6.45) is 0.453. The molecule has 0 spiro atoms. The molecule has 0 amide bonds. The lowest BCUT2D eigenvalue weighted by Crippen LogP contribution is -2.07. The topological polar surface area (TPSA) is 50.2 Å². The quantitative estimate of drug-likeness (QED) is 0.169. The van der Waals surface area contributed by atoms with E-state index in [1.807, 2.05) is 0 Å². The second kappa shape index (κ2) is 7.67. The average Bonchev–Trinajstić information content (AvgIpc) is 2.68. The van der Waals surface area contributed by atoms with Gasteiger partial charge in [0.05, 0.1) is 11.8 Å². The van der Waals surface area contributed by atoms with Crippen LogP contribution in [0.3, 0.4) is 0 Å². The third-order valence-corrected chi connectivity index (χ3v) is 3.54. The van der Waals surface area contributed by atoms with Crippen LogP contribution in [0.4, 0.5) is 27.8 Å². The number of hydrazone groups is 1. The van der Waals surface area contributed by atoms with Crippen molar-refractivity contribution >= 4 is 23.6 Å². The van der Waals surface area contributed by atoms with Gasteiger partial charge in [-0.1, -0.05) is 41.9 Å². The highest BCUT2D eigenvalue weighted by Crippen LogP contribution is 2.22. The number of halogens is 6. The lowest BCUT2D eigenvalue weighted by Gasteiger charge is -2.06. The van der Waals surface area contributed by atoms with Crippen LogP contribution in [0, 0.1) is 29.1 Å². The van der Waals surface area contributed by atoms with Gasteiger partial charge in [-0.15, -0.1) is 0 Å². The maximum atomic E-state index is 13.6. The summed E-state index contributed by atoms with van der Waals surface area (Å²) in [7, 11) is 0. The summed E-state index contributed by atoms with van der Waals surface area (Å²) in [5.41, 5.74) is 1.77. The van der Waals surface area contributed by atoms with E-state index in [1.54, 1.807) is 30.3 Å². The molecule has 0 saturated heterocycles. The molecule has 1 N–H and O–H groups in total. The van der Waals surface area contributed by atoms with Crippen LogP contribution in [0.25, 0.3) is 11.4 Å². The van der Waals surface area contributed by atoms with Gasteiger partial charge in [-0.3, -0.25) is 5.43 Å². The molecule has 0 aliphatic heterocycles. The van der Waals surface area contributed by atoms with Crippen molar-refractivity contribution in [3.63, 3.8) is 0 Å². The van der Waals surface area contributed by atoms with Gasteiger partial charge in [-0.05, 0) is 0 Å². The molecule has 3 aromatic rings. The van der Waals surface area contributed by atoms with Crippen molar-refractivity contribution in [1.29, 1.82) is 0 Å². The molecule has 0 aliphatic rings. The number of anilines is 1. The number of nitrogens with one attached hydrogen (secondary N) is 1. The third kappa shape index (κ3) is 3.87. The Morgan fingerprint density at radius 3 is 2.07 bits per heavy atom. The van der Waals surface area contributed by atoms with Gasteiger partial charge in [-0.2, -0.15) is 5.10 Å². The maximum Gasteiger partial charge on any atom is 0.200 e.